The van der Waals surface area contributed by atoms with E-state index in [1.807, 2.05) is 30.6 Å². The van der Waals surface area contributed by atoms with Crippen molar-refractivity contribution in [3.8, 4) is 0 Å². The fraction of sp³-hybridized carbons (Fsp3) is 0.778. The highest BCUT2D eigenvalue weighted by atomic mass is 16.5. The Hall–Kier alpha value is -1.40. The fourth-order valence-corrected chi connectivity index (χ4v) is 3.97. The second kappa shape index (κ2) is 7.23. The van der Waals surface area contributed by atoms with Gasteiger partial charge in [0.05, 0.1) is 17.9 Å². The molecule has 6 heteroatoms. The van der Waals surface area contributed by atoms with Crippen LogP contribution >= 0.6 is 0 Å². The SMILES string of the molecule is C[C@@H]1Cc2c(C(=O)N(C)CCN3CCCCC3)nn(C)c2[C@H](C)O1. The quantitative estimate of drug-likeness (QED) is 0.845. The number of hydrogen-bond acceptors (Lipinski definition) is 4. The molecule has 0 bridgehead atoms. The molecule has 0 aliphatic carbocycles. The van der Waals surface area contributed by atoms with Gasteiger partial charge in [-0.25, -0.2) is 0 Å². The number of carbonyl (C=O) groups excluding carboxylic acids is 1. The molecule has 0 radical (unpaired) electrons. The number of ether oxygens (including phenoxy) is 1. The highest BCUT2D eigenvalue weighted by molar-refractivity contribution is 5.94. The van der Waals surface area contributed by atoms with Crippen LogP contribution in [0.15, 0.2) is 0 Å². The predicted molar refractivity (Wildman–Crippen MR) is 93.1 cm³/mol. The van der Waals surface area contributed by atoms with Gasteiger partial charge in [0.15, 0.2) is 5.69 Å². The van der Waals surface area contributed by atoms with Gasteiger partial charge in [-0.15, -0.1) is 0 Å². The number of rotatable bonds is 4. The van der Waals surface area contributed by atoms with E-state index in [0.29, 0.717) is 5.69 Å². The van der Waals surface area contributed by atoms with Gasteiger partial charge >= 0.3 is 0 Å². The van der Waals surface area contributed by atoms with Crippen LogP contribution in [0.2, 0.25) is 0 Å². The van der Waals surface area contributed by atoms with Gasteiger partial charge in [0.1, 0.15) is 0 Å². The molecule has 0 N–H and O–H groups in total. The van der Waals surface area contributed by atoms with Crippen molar-refractivity contribution in [3.05, 3.63) is 17.0 Å². The second-order valence-corrected chi connectivity index (χ2v) is 7.26. The van der Waals surface area contributed by atoms with Crippen molar-refractivity contribution < 1.29 is 9.53 Å². The number of fused-ring (bicyclic) bond motifs is 1. The van der Waals surface area contributed by atoms with E-state index in [9.17, 15) is 4.79 Å². The van der Waals surface area contributed by atoms with Crippen LogP contribution in [0.5, 0.6) is 0 Å². The second-order valence-electron chi connectivity index (χ2n) is 7.26. The lowest BCUT2D eigenvalue weighted by atomic mass is 9.99. The number of nitrogens with zero attached hydrogens (tertiary/aromatic N) is 4. The number of aromatic nitrogens is 2. The molecule has 2 atom stereocenters. The smallest absolute Gasteiger partial charge is 0.274 e. The summed E-state index contributed by atoms with van der Waals surface area (Å²) >= 11 is 0. The van der Waals surface area contributed by atoms with E-state index < -0.39 is 0 Å². The maximum atomic E-state index is 12.9. The predicted octanol–water partition coefficient (Wildman–Crippen LogP) is 2.00. The van der Waals surface area contributed by atoms with E-state index in [1.54, 1.807) is 0 Å². The van der Waals surface area contributed by atoms with Crippen molar-refractivity contribution in [1.29, 1.82) is 0 Å². The van der Waals surface area contributed by atoms with E-state index >= 15 is 0 Å². The minimum atomic E-state index is -0.0125. The molecule has 0 aromatic carbocycles. The monoisotopic (exact) mass is 334 g/mol. The first-order chi connectivity index (χ1) is 11.5. The summed E-state index contributed by atoms with van der Waals surface area (Å²) in [4.78, 5) is 17.2. The van der Waals surface area contributed by atoms with Crippen LogP contribution < -0.4 is 0 Å². The van der Waals surface area contributed by atoms with E-state index in [2.05, 4.69) is 16.9 Å². The zero-order chi connectivity index (χ0) is 17.3. The lowest BCUT2D eigenvalue weighted by Crippen LogP contribution is -2.39. The van der Waals surface area contributed by atoms with Crippen LogP contribution in [-0.4, -0.2) is 64.8 Å². The number of likely N-dealkylation sites (N-methyl/N-ethyl adjacent to an activating group) is 1. The molecule has 0 unspecified atom stereocenters. The zero-order valence-corrected chi connectivity index (χ0v) is 15.4. The Balaban J connectivity index is 1.69. The molecule has 0 spiro atoms. The lowest BCUT2D eigenvalue weighted by molar-refractivity contribution is -0.00906. The van der Waals surface area contributed by atoms with Crippen molar-refractivity contribution >= 4 is 5.91 Å². The topological polar surface area (TPSA) is 50.6 Å². The molecule has 1 amide bonds. The molecule has 1 aromatic heterocycles. The normalized spacial score (nSPS) is 24.7. The third-order valence-electron chi connectivity index (χ3n) is 5.26. The van der Waals surface area contributed by atoms with Crippen LogP contribution in [0.1, 0.15) is 61.0 Å². The van der Waals surface area contributed by atoms with Crippen LogP contribution in [-0.2, 0) is 18.2 Å². The molecule has 24 heavy (non-hydrogen) atoms. The summed E-state index contributed by atoms with van der Waals surface area (Å²) in [6.45, 7) is 8.12. The Labute approximate surface area is 144 Å². The first-order valence-electron chi connectivity index (χ1n) is 9.16. The lowest BCUT2D eigenvalue weighted by Gasteiger charge is -2.29. The number of likely N-dealkylation sites (tertiary alicyclic amines) is 1. The van der Waals surface area contributed by atoms with Gasteiger partial charge in [-0.1, -0.05) is 6.42 Å². The number of piperidine rings is 1. The minimum absolute atomic E-state index is 0.0125. The molecular weight excluding hydrogens is 304 g/mol. The van der Waals surface area contributed by atoms with Crippen LogP contribution in [0.4, 0.5) is 0 Å². The third kappa shape index (κ3) is 3.49. The molecule has 1 saturated heterocycles. The van der Waals surface area contributed by atoms with Crippen molar-refractivity contribution in [3.63, 3.8) is 0 Å². The van der Waals surface area contributed by atoms with Crippen LogP contribution in [0.3, 0.4) is 0 Å². The summed E-state index contributed by atoms with van der Waals surface area (Å²) in [7, 11) is 3.79. The average Bonchev–Trinajstić information content (AvgIpc) is 2.89. The summed E-state index contributed by atoms with van der Waals surface area (Å²) in [5, 5.41) is 4.52. The van der Waals surface area contributed by atoms with Gasteiger partial charge in [-0.3, -0.25) is 9.48 Å². The van der Waals surface area contributed by atoms with Crippen molar-refractivity contribution in [2.75, 3.05) is 33.2 Å². The number of aryl methyl sites for hydroxylation is 1. The Bertz CT molecular complexity index is 592. The Morgan fingerprint density at radius 2 is 2.00 bits per heavy atom. The largest absolute Gasteiger partial charge is 0.369 e. The van der Waals surface area contributed by atoms with Crippen molar-refractivity contribution in [1.82, 2.24) is 19.6 Å². The Morgan fingerprint density at radius 1 is 1.29 bits per heavy atom. The maximum absolute atomic E-state index is 12.9. The first kappa shape index (κ1) is 17.4. The van der Waals surface area contributed by atoms with Crippen LogP contribution in [0.25, 0.3) is 0 Å². The maximum Gasteiger partial charge on any atom is 0.274 e. The summed E-state index contributed by atoms with van der Waals surface area (Å²) in [5.41, 5.74) is 2.72. The van der Waals surface area contributed by atoms with Gasteiger partial charge in [-0.2, -0.15) is 5.10 Å². The fourth-order valence-electron chi connectivity index (χ4n) is 3.97. The zero-order valence-electron chi connectivity index (χ0n) is 15.4. The molecule has 3 rings (SSSR count). The standard InChI is InChI=1S/C18H30N4O2/c1-13-12-15-16(19-21(4)17(15)14(2)24-13)18(23)20(3)10-11-22-8-6-5-7-9-22/h13-14H,5-12H2,1-4H3/t13-,14+/m1/s1. The Kier molecular flexibility index (Phi) is 5.25. The summed E-state index contributed by atoms with van der Waals surface area (Å²) in [6.07, 6.45) is 4.77. The van der Waals surface area contributed by atoms with E-state index in [1.165, 1.54) is 19.3 Å². The van der Waals surface area contributed by atoms with E-state index in [4.69, 9.17) is 4.74 Å². The van der Waals surface area contributed by atoms with Gasteiger partial charge in [0.2, 0.25) is 0 Å². The van der Waals surface area contributed by atoms with Gasteiger partial charge in [-0.05, 0) is 39.8 Å². The number of hydrogen-bond donors (Lipinski definition) is 0. The first-order valence-corrected chi connectivity index (χ1v) is 9.16. The highest BCUT2D eigenvalue weighted by Crippen LogP contribution is 2.32. The molecular formula is C18H30N4O2. The van der Waals surface area contributed by atoms with E-state index in [-0.39, 0.29) is 18.1 Å². The highest BCUT2D eigenvalue weighted by Gasteiger charge is 2.32. The van der Waals surface area contributed by atoms with E-state index in [0.717, 1.165) is 43.9 Å². The van der Waals surface area contributed by atoms with Crippen LogP contribution in [0, 0.1) is 0 Å². The molecule has 3 heterocycles. The van der Waals surface area contributed by atoms with Crippen molar-refractivity contribution in [2.24, 2.45) is 7.05 Å². The molecule has 6 nitrogen and oxygen atoms in total. The minimum Gasteiger partial charge on any atom is -0.369 e. The van der Waals surface area contributed by atoms with Crippen molar-refractivity contribution in [2.45, 2.75) is 51.7 Å². The van der Waals surface area contributed by atoms with Gasteiger partial charge < -0.3 is 14.5 Å². The summed E-state index contributed by atoms with van der Waals surface area (Å²) in [6, 6.07) is 0. The molecule has 2 aliphatic heterocycles. The summed E-state index contributed by atoms with van der Waals surface area (Å²) < 4.78 is 7.70. The molecule has 1 aromatic rings. The van der Waals surface area contributed by atoms with Gasteiger partial charge in [0.25, 0.3) is 5.91 Å². The Morgan fingerprint density at radius 3 is 2.71 bits per heavy atom. The molecule has 2 aliphatic rings. The summed E-state index contributed by atoms with van der Waals surface area (Å²) in [5.74, 6) is 0.0326. The number of carbonyl (C=O) groups is 1. The molecule has 0 saturated carbocycles. The third-order valence-corrected chi connectivity index (χ3v) is 5.26. The number of amides is 1. The van der Waals surface area contributed by atoms with Gasteiger partial charge in [0, 0.05) is 39.2 Å². The average molecular weight is 334 g/mol. The molecule has 1 fully saturated rings. The molecule has 134 valence electrons.